The van der Waals surface area contributed by atoms with Crippen LogP contribution in [0.2, 0.25) is 26.6 Å². The van der Waals surface area contributed by atoms with Crippen LogP contribution < -0.4 is 0 Å². The van der Waals surface area contributed by atoms with Crippen LogP contribution in [0.5, 0.6) is 0 Å². The zero-order valence-corrected chi connectivity index (χ0v) is 32.4. The van der Waals surface area contributed by atoms with Gasteiger partial charge in [-0.15, -0.1) is 0 Å². The summed E-state index contributed by atoms with van der Waals surface area (Å²) in [6.45, 7) is 44.5. The fraction of sp³-hybridized carbons (Fsp3) is 1.00. The third-order valence-electron chi connectivity index (χ3n) is 5.55. The van der Waals surface area contributed by atoms with Crippen LogP contribution in [0, 0.1) is 32.5 Å². The molecule has 0 unspecified atom stereocenters. The molecule has 0 aromatic rings. The molecule has 0 saturated carbocycles. The van der Waals surface area contributed by atoms with Crippen LogP contribution in [-0.4, -0.2) is 37.6 Å². The summed E-state index contributed by atoms with van der Waals surface area (Å²) in [7, 11) is 0. The number of hydrogen-bond donors (Lipinski definition) is 0. The van der Waals surface area contributed by atoms with Gasteiger partial charge in [-0.2, -0.15) is 0 Å². The fourth-order valence-electron chi connectivity index (χ4n) is 6.85. The van der Waals surface area contributed by atoms with E-state index in [1.54, 1.807) is 0 Å². The zero-order chi connectivity index (χ0) is 26.9. The van der Waals surface area contributed by atoms with E-state index >= 15 is 0 Å². The second-order valence-electron chi connectivity index (χ2n) is 18.9. The molecule has 3 heteroatoms. The first-order valence-corrected chi connectivity index (χ1v) is 28.1. The number of hydrogen-bond acceptors (Lipinski definition) is 1. The summed E-state index contributed by atoms with van der Waals surface area (Å²) in [5.41, 5.74) is 1.97. The molecular weight excluding hydrogens is 614 g/mol. The third kappa shape index (κ3) is 17.6. The van der Waals surface area contributed by atoms with Crippen molar-refractivity contribution in [2.75, 3.05) is 0 Å². The van der Waals surface area contributed by atoms with Gasteiger partial charge in [-0.05, 0) is 0 Å². The molecule has 0 amide bonds. The van der Waals surface area contributed by atoms with Crippen LogP contribution in [-0.2, 0) is 1.41 Å². The van der Waals surface area contributed by atoms with Gasteiger partial charge in [0.2, 0.25) is 0 Å². The van der Waals surface area contributed by atoms with Crippen molar-refractivity contribution in [2.45, 2.75) is 151 Å². The van der Waals surface area contributed by atoms with E-state index in [4.69, 9.17) is 1.41 Å². The van der Waals surface area contributed by atoms with Crippen LogP contribution in [0.15, 0.2) is 0 Å². The van der Waals surface area contributed by atoms with Gasteiger partial charge >= 0.3 is 223 Å². The van der Waals surface area contributed by atoms with E-state index in [-0.39, 0.29) is 0 Å². The maximum atomic E-state index is 8.30. The van der Waals surface area contributed by atoms with Crippen molar-refractivity contribution in [3.8, 4) is 0 Å². The summed E-state index contributed by atoms with van der Waals surface area (Å²) in [6.07, 6.45) is 0. The molecule has 0 heterocycles. The topological polar surface area (TPSA) is 9.23 Å². The van der Waals surface area contributed by atoms with E-state index in [0.29, 0.717) is 32.5 Å². The first-order chi connectivity index (χ1) is 13.9. The van der Waals surface area contributed by atoms with Crippen molar-refractivity contribution in [3.63, 3.8) is 0 Å². The second kappa shape index (κ2) is 11.1. The normalized spacial score (nSPS) is 15.8. The number of rotatable bonds is 8. The maximum absolute atomic E-state index is 8.30. The molecule has 0 N–H and O–H groups in total. The molecule has 0 saturated heterocycles. The Morgan fingerprint density at radius 1 is 0.303 bits per heavy atom. The van der Waals surface area contributed by atoms with Crippen molar-refractivity contribution in [3.05, 3.63) is 0 Å². The molecule has 0 aromatic heterocycles. The molecule has 0 aliphatic heterocycles. The van der Waals surface area contributed by atoms with Crippen molar-refractivity contribution in [1.82, 2.24) is 0 Å². The summed E-state index contributed by atoms with van der Waals surface area (Å²) in [6, 6.07) is 0. The second-order valence-corrected chi connectivity index (χ2v) is 42.9. The van der Waals surface area contributed by atoms with Crippen molar-refractivity contribution in [1.29, 1.82) is 0 Å². The summed E-state index contributed by atoms with van der Waals surface area (Å²) in [5.74, 6) is 0. The van der Waals surface area contributed by atoms with Crippen LogP contribution in [0.4, 0.5) is 0 Å². The molecule has 0 radical (unpaired) electrons. The molecule has 0 aromatic carbocycles. The molecule has 200 valence electrons. The van der Waals surface area contributed by atoms with Gasteiger partial charge in [-0.25, -0.2) is 0 Å². The van der Waals surface area contributed by atoms with E-state index in [9.17, 15) is 0 Å². The fourth-order valence-corrected chi connectivity index (χ4v) is 71.8. The standard InChI is InChI=1S/6C5H11.O.2Sn/c6*1-5(2,3)4;;;/h6*1H2,2-4H3;;;. The summed E-state index contributed by atoms with van der Waals surface area (Å²) < 4.78 is 16.4. The van der Waals surface area contributed by atoms with Crippen LogP contribution in [0.25, 0.3) is 0 Å². The van der Waals surface area contributed by atoms with Crippen LogP contribution in [0.3, 0.4) is 0 Å². The quantitative estimate of drug-likeness (QED) is 0.232. The van der Waals surface area contributed by atoms with Crippen molar-refractivity contribution in [2.24, 2.45) is 32.5 Å². The van der Waals surface area contributed by atoms with Gasteiger partial charge in [0.25, 0.3) is 0 Å². The average Bonchev–Trinajstić information content (AvgIpc) is 2.20. The van der Waals surface area contributed by atoms with Gasteiger partial charge in [0.05, 0.1) is 0 Å². The van der Waals surface area contributed by atoms with E-state index in [2.05, 4.69) is 125 Å². The van der Waals surface area contributed by atoms with Gasteiger partial charge in [0.15, 0.2) is 0 Å². The molecular formula is C30H66OSn2. The van der Waals surface area contributed by atoms with Crippen molar-refractivity contribution >= 4 is 37.6 Å². The Morgan fingerprint density at radius 3 is 0.515 bits per heavy atom. The van der Waals surface area contributed by atoms with Crippen molar-refractivity contribution < 1.29 is 1.41 Å². The first-order valence-electron chi connectivity index (χ1n) is 13.7. The Kier molecular flexibility index (Phi) is 11.6. The van der Waals surface area contributed by atoms with E-state index in [0.717, 1.165) is 0 Å². The van der Waals surface area contributed by atoms with E-state index in [1.165, 1.54) is 26.6 Å². The molecule has 0 bridgehead atoms. The molecule has 0 spiro atoms. The van der Waals surface area contributed by atoms with E-state index in [1.807, 2.05) is 0 Å². The minimum absolute atomic E-state index is 0.329. The van der Waals surface area contributed by atoms with Gasteiger partial charge in [0.1, 0.15) is 0 Å². The SMILES string of the molecule is CC(C)(C)[CH2][Sn]([CH2]C(C)(C)C)([CH2]C(C)(C)C)[O][Sn]([CH2]C(C)(C)C)([CH2]C(C)(C)C)[CH2]C(C)(C)C. The minimum atomic E-state index is -3.06. The molecule has 0 rings (SSSR count). The summed E-state index contributed by atoms with van der Waals surface area (Å²) in [5, 5.41) is 0. The Bertz CT molecular complexity index is 457. The van der Waals surface area contributed by atoms with Gasteiger partial charge in [-0.1, -0.05) is 0 Å². The predicted octanol–water partition coefficient (Wildman–Crippen LogP) is 11.2. The Balaban J connectivity index is 7.07. The summed E-state index contributed by atoms with van der Waals surface area (Å²) in [4.78, 5) is 0. The van der Waals surface area contributed by atoms with Gasteiger partial charge < -0.3 is 0 Å². The molecule has 0 fully saturated rings. The Morgan fingerprint density at radius 2 is 0.424 bits per heavy atom. The zero-order valence-electron chi connectivity index (χ0n) is 26.7. The molecule has 0 atom stereocenters. The van der Waals surface area contributed by atoms with Gasteiger partial charge in [-0.3, -0.25) is 0 Å². The molecule has 0 aliphatic rings. The summed E-state index contributed by atoms with van der Waals surface area (Å²) >= 11 is -6.11. The van der Waals surface area contributed by atoms with Gasteiger partial charge in [0, 0.05) is 0 Å². The Hall–Kier alpha value is 1.56. The third-order valence-corrected chi connectivity index (χ3v) is 53.8. The average molecular weight is 680 g/mol. The first kappa shape index (κ1) is 34.6. The predicted molar refractivity (Wildman–Crippen MR) is 158 cm³/mol. The molecule has 1 nitrogen and oxygen atoms in total. The van der Waals surface area contributed by atoms with Crippen LogP contribution >= 0.6 is 0 Å². The molecule has 0 aliphatic carbocycles. The van der Waals surface area contributed by atoms with Crippen LogP contribution in [0.1, 0.15) is 125 Å². The monoisotopic (exact) mass is 682 g/mol. The van der Waals surface area contributed by atoms with E-state index < -0.39 is 37.6 Å². The Labute approximate surface area is 221 Å². The molecule has 33 heavy (non-hydrogen) atoms.